The smallest absolute Gasteiger partial charge is 0.338 e. The van der Waals surface area contributed by atoms with Gasteiger partial charge in [0.1, 0.15) is 6.10 Å². The molecule has 0 aliphatic heterocycles. The van der Waals surface area contributed by atoms with Gasteiger partial charge in [0, 0.05) is 0 Å². The summed E-state index contributed by atoms with van der Waals surface area (Å²) in [6.07, 6.45) is 11.9. The van der Waals surface area contributed by atoms with Crippen molar-refractivity contribution in [2.45, 2.75) is 90.1 Å². The van der Waals surface area contributed by atoms with E-state index in [-0.39, 0.29) is 12.1 Å². The molecule has 0 heterocycles. The second-order valence-corrected chi connectivity index (χ2v) is 9.21. The third kappa shape index (κ3) is 6.69. The van der Waals surface area contributed by atoms with Crippen LogP contribution in [0.5, 0.6) is 0 Å². The molecule has 172 valence electrons. The second-order valence-electron chi connectivity index (χ2n) is 9.21. The van der Waals surface area contributed by atoms with Crippen molar-refractivity contribution in [3.63, 3.8) is 0 Å². The van der Waals surface area contributed by atoms with Crippen molar-refractivity contribution in [3.8, 4) is 0 Å². The van der Waals surface area contributed by atoms with Crippen LogP contribution in [0.3, 0.4) is 0 Å². The molecule has 0 aromatic heterocycles. The van der Waals surface area contributed by atoms with E-state index < -0.39 is 5.97 Å². The van der Waals surface area contributed by atoms with E-state index in [0.717, 1.165) is 42.4 Å². The lowest BCUT2D eigenvalue weighted by Crippen LogP contribution is -2.20. The zero-order chi connectivity index (χ0) is 22.9. The molecule has 0 bridgehead atoms. The number of aryl methyl sites for hydroxylation is 2. The van der Waals surface area contributed by atoms with Gasteiger partial charge < -0.3 is 9.84 Å². The Morgan fingerprint density at radius 1 is 0.844 bits per heavy atom. The maximum atomic E-state index is 11.8. The molecule has 4 heteroatoms. The van der Waals surface area contributed by atoms with E-state index in [9.17, 15) is 14.7 Å². The Kier molecular flexibility index (Phi) is 8.90. The molecule has 0 amide bonds. The predicted molar refractivity (Wildman–Crippen MR) is 127 cm³/mol. The first-order chi connectivity index (χ1) is 15.5. The average Bonchev–Trinajstić information content (AvgIpc) is 2.80. The van der Waals surface area contributed by atoms with Gasteiger partial charge in [-0.1, -0.05) is 55.5 Å². The van der Waals surface area contributed by atoms with Crippen LogP contribution in [0.25, 0.3) is 0 Å². The van der Waals surface area contributed by atoms with Crippen molar-refractivity contribution in [2.24, 2.45) is 0 Å². The fraction of sp³-hybridized carbons (Fsp3) is 0.500. The zero-order valence-electron chi connectivity index (χ0n) is 19.4. The summed E-state index contributed by atoms with van der Waals surface area (Å²) in [5.74, 6) is -0.499. The molecule has 0 spiro atoms. The number of carbonyl (C=O) groups excluding carboxylic acids is 1. The van der Waals surface area contributed by atoms with Crippen LogP contribution in [0.15, 0.2) is 42.5 Å². The van der Waals surface area contributed by atoms with E-state index in [2.05, 4.69) is 0 Å². The van der Waals surface area contributed by atoms with Crippen LogP contribution in [0, 0.1) is 13.8 Å². The number of carboxylic acids is 1. The minimum Gasteiger partial charge on any atom is -0.478 e. The summed E-state index contributed by atoms with van der Waals surface area (Å²) >= 11 is 0. The van der Waals surface area contributed by atoms with Crippen LogP contribution in [-0.4, -0.2) is 23.1 Å². The highest BCUT2D eigenvalue weighted by Gasteiger charge is 2.22. The lowest BCUT2D eigenvalue weighted by Gasteiger charge is -2.25. The van der Waals surface area contributed by atoms with Crippen LogP contribution >= 0.6 is 0 Å². The van der Waals surface area contributed by atoms with Crippen molar-refractivity contribution in [1.29, 1.82) is 0 Å². The Labute approximate surface area is 192 Å². The minimum absolute atomic E-state index is 0.141. The predicted octanol–water partition coefficient (Wildman–Crippen LogP) is 7.23. The molecule has 0 unspecified atom stereocenters. The fourth-order valence-corrected chi connectivity index (χ4v) is 4.97. The number of hydrogen-bond donors (Lipinski definition) is 1. The quantitative estimate of drug-likeness (QED) is 0.514. The highest BCUT2D eigenvalue weighted by atomic mass is 16.5. The number of carboxylic acid groups (broad SMARTS) is 1. The van der Waals surface area contributed by atoms with Gasteiger partial charge in [0.05, 0.1) is 11.1 Å². The van der Waals surface area contributed by atoms with Crippen LogP contribution < -0.4 is 0 Å². The van der Waals surface area contributed by atoms with E-state index in [4.69, 9.17) is 4.74 Å². The lowest BCUT2D eigenvalue weighted by atomic mass is 9.80. The van der Waals surface area contributed by atoms with Crippen molar-refractivity contribution in [2.75, 3.05) is 0 Å². The van der Waals surface area contributed by atoms with E-state index in [1.807, 2.05) is 50.2 Å². The molecule has 2 saturated carbocycles. The van der Waals surface area contributed by atoms with Gasteiger partial charge in [-0.05, 0) is 87.6 Å². The van der Waals surface area contributed by atoms with Crippen molar-refractivity contribution in [3.05, 3.63) is 70.3 Å². The number of aromatic carboxylic acids is 1. The number of carbonyl (C=O) groups is 2. The molecular formula is C28H36O4. The number of ether oxygens (including phenoxy) is 1. The molecule has 2 fully saturated rings. The summed E-state index contributed by atoms with van der Waals surface area (Å²) in [6, 6.07) is 13.2. The van der Waals surface area contributed by atoms with Crippen molar-refractivity contribution >= 4 is 11.9 Å². The van der Waals surface area contributed by atoms with Crippen LogP contribution in [0.1, 0.15) is 108 Å². The van der Waals surface area contributed by atoms with Gasteiger partial charge in [-0.2, -0.15) is 0 Å². The topological polar surface area (TPSA) is 63.6 Å². The average molecular weight is 437 g/mol. The Hall–Kier alpha value is -2.62. The van der Waals surface area contributed by atoms with E-state index in [1.165, 1.54) is 38.5 Å². The van der Waals surface area contributed by atoms with Gasteiger partial charge in [-0.15, -0.1) is 0 Å². The van der Waals surface area contributed by atoms with Gasteiger partial charge in [-0.25, -0.2) is 9.59 Å². The van der Waals surface area contributed by atoms with E-state index in [0.29, 0.717) is 17.0 Å². The summed E-state index contributed by atoms with van der Waals surface area (Å²) in [6.45, 7) is 4.01. The maximum absolute atomic E-state index is 11.8. The Morgan fingerprint density at radius 3 is 2.09 bits per heavy atom. The summed E-state index contributed by atoms with van der Waals surface area (Å²) in [4.78, 5) is 23.1. The number of benzene rings is 2. The molecule has 2 aliphatic carbocycles. The third-order valence-electron chi connectivity index (χ3n) is 6.65. The molecule has 4 rings (SSSR count). The monoisotopic (exact) mass is 436 g/mol. The van der Waals surface area contributed by atoms with Gasteiger partial charge in [0.15, 0.2) is 0 Å². The standard InChI is InChI=1S/2C14H18O2/c1-11-6-5-7-12(10-11)14(15)16-13-8-3-2-4-9-13;1-10-6-5-9-12(14(15)16)13(10)11-7-3-2-4-8-11/h5-7,10,13H,2-4,8-9H2,1H3;5-6,9,11H,2-4,7-8H2,1H3,(H,15,16). The highest BCUT2D eigenvalue weighted by molar-refractivity contribution is 5.90. The number of rotatable bonds is 4. The van der Waals surface area contributed by atoms with Crippen LogP contribution in [0.4, 0.5) is 0 Å². The zero-order valence-corrected chi connectivity index (χ0v) is 19.4. The molecular weight excluding hydrogens is 400 g/mol. The second kappa shape index (κ2) is 11.8. The molecule has 4 nitrogen and oxygen atoms in total. The minimum atomic E-state index is -0.788. The highest BCUT2D eigenvalue weighted by Crippen LogP contribution is 2.36. The van der Waals surface area contributed by atoms with Gasteiger partial charge in [-0.3, -0.25) is 0 Å². The summed E-state index contributed by atoms with van der Waals surface area (Å²) in [5, 5.41) is 9.22. The van der Waals surface area contributed by atoms with E-state index >= 15 is 0 Å². The number of hydrogen-bond acceptors (Lipinski definition) is 3. The van der Waals surface area contributed by atoms with Crippen LogP contribution in [0.2, 0.25) is 0 Å². The van der Waals surface area contributed by atoms with Gasteiger partial charge >= 0.3 is 11.9 Å². The van der Waals surface area contributed by atoms with Crippen LogP contribution in [-0.2, 0) is 4.74 Å². The SMILES string of the molecule is Cc1cccc(C(=O)O)c1C1CCCCC1.Cc1cccc(C(=O)OC2CCCCC2)c1. The van der Waals surface area contributed by atoms with Crippen molar-refractivity contribution < 1.29 is 19.4 Å². The van der Waals surface area contributed by atoms with E-state index in [1.54, 1.807) is 6.07 Å². The normalized spacial score (nSPS) is 17.2. The van der Waals surface area contributed by atoms with Gasteiger partial charge in [0.2, 0.25) is 0 Å². The molecule has 2 aromatic carbocycles. The summed E-state index contributed by atoms with van der Waals surface area (Å²) in [5.41, 5.74) is 4.48. The molecule has 0 atom stereocenters. The first kappa shape index (κ1) is 24.0. The number of esters is 1. The molecule has 0 saturated heterocycles. The largest absolute Gasteiger partial charge is 0.478 e. The van der Waals surface area contributed by atoms with Crippen molar-refractivity contribution in [1.82, 2.24) is 0 Å². The molecule has 2 aliphatic rings. The lowest BCUT2D eigenvalue weighted by molar-refractivity contribution is 0.0211. The molecule has 2 aromatic rings. The third-order valence-corrected chi connectivity index (χ3v) is 6.65. The Morgan fingerprint density at radius 2 is 1.47 bits per heavy atom. The molecule has 1 N–H and O–H groups in total. The molecule has 32 heavy (non-hydrogen) atoms. The first-order valence-electron chi connectivity index (χ1n) is 12.1. The maximum Gasteiger partial charge on any atom is 0.338 e. The fourth-order valence-electron chi connectivity index (χ4n) is 4.97. The first-order valence-corrected chi connectivity index (χ1v) is 12.1. The Balaban J connectivity index is 0.000000181. The van der Waals surface area contributed by atoms with Gasteiger partial charge in [0.25, 0.3) is 0 Å². The molecule has 0 radical (unpaired) electrons. The summed E-state index contributed by atoms with van der Waals surface area (Å²) < 4.78 is 5.49. The Bertz CT molecular complexity index is 905. The summed E-state index contributed by atoms with van der Waals surface area (Å²) in [7, 11) is 0.